The molecule has 1 radical (unpaired) electrons. The minimum absolute atomic E-state index is 0. The van der Waals surface area contributed by atoms with Gasteiger partial charge < -0.3 is 29.8 Å². The number of alkyl halides is 3. The van der Waals surface area contributed by atoms with Crippen molar-refractivity contribution in [3.8, 4) is 17.2 Å². The Morgan fingerprint density at radius 2 is 1.75 bits per heavy atom. The van der Waals surface area contributed by atoms with Gasteiger partial charge in [0.05, 0.1) is 32.1 Å². The van der Waals surface area contributed by atoms with Crippen molar-refractivity contribution in [1.82, 2.24) is 5.16 Å². The molecule has 7 nitrogen and oxygen atoms in total. The van der Waals surface area contributed by atoms with Gasteiger partial charge in [-0.05, 0) is 78.4 Å². The number of aromatic nitrogens is 1. The van der Waals surface area contributed by atoms with Crippen LogP contribution in [0.15, 0.2) is 65.4 Å². The molecule has 44 heavy (non-hydrogen) atoms. The van der Waals surface area contributed by atoms with E-state index >= 15 is 0 Å². The summed E-state index contributed by atoms with van der Waals surface area (Å²) in [5.41, 5.74) is 12.4. The molecule has 0 saturated heterocycles. The summed E-state index contributed by atoms with van der Waals surface area (Å²) in [4.78, 5) is 0. The Kier molecular flexibility index (Phi) is 13.3. The summed E-state index contributed by atoms with van der Waals surface area (Å²) in [6, 6.07) is 15.3. The maximum Gasteiger partial charge on any atom is 0.416 e. The van der Waals surface area contributed by atoms with Crippen LogP contribution in [0.1, 0.15) is 57.6 Å². The summed E-state index contributed by atoms with van der Waals surface area (Å²) < 4.78 is 61.2. The molecule has 1 unspecified atom stereocenters. The van der Waals surface area contributed by atoms with Crippen LogP contribution in [0.5, 0.6) is 17.2 Å². The Morgan fingerprint density at radius 3 is 2.34 bits per heavy atom. The molecule has 1 aromatic heterocycles. The van der Waals surface area contributed by atoms with Gasteiger partial charge in [0.1, 0.15) is 12.0 Å². The van der Waals surface area contributed by atoms with Gasteiger partial charge in [-0.1, -0.05) is 47.4 Å². The van der Waals surface area contributed by atoms with Crippen molar-refractivity contribution in [2.75, 3.05) is 27.4 Å². The van der Waals surface area contributed by atoms with E-state index in [0.717, 1.165) is 52.5 Å². The zero-order valence-corrected chi connectivity index (χ0v) is 28.2. The van der Waals surface area contributed by atoms with E-state index in [-0.39, 0.29) is 45.3 Å². The number of ether oxygens (including phenoxy) is 3. The first-order valence-corrected chi connectivity index (χ1v) is 14.1. The van der Waals surface area contributed by atoms with Crippen molar-refractivity contribution < 1.29 is 64.6 Å². The quantitative estimate of drug-likeness (QED) is 0.177. The van der Waals surface area contributed by atoms with E-state index in [2.05, 4.69) is 28.7 Å². The topological polar surface area (TPSA) is 91.6 Å². The molecular formula is C33H36F3N3O4Y-2. The maximum atomic E-state index is 13.2. The van der Waals surface area contributed by atoms with E-state index in [0.29, 0.717) is 42.3 Å². The Labute approximate surface area is 281 Å². The zero-order valence-electron chi connectivity index (χ0n) is 25.3. The van der Waals surface area contributed by atoms with Crippen molar-refractivity contribution in [3.05, 3.63) is 117 Å². The summed E-state index contributed by atoms with van der Waals surface area (Å²) >= 11 is 0. The third kappa shape index (κ3) is 8.84. The Morgan fingerprint density at radius 1 is 0.977 bits per heavy atom. The van der Waals surface area contributed by atoms with Crippen LogP contribution >= 0.6 is 0 Å². The van der Waals surface area contributed by atoms with Gasteiger partial charge in [-0.15, -0.1) is 13.1 Å². The molecule has 0 saturated carbocycles. The molecule has 233 valence electrons. The molecule has 4 aromatic rings. The van der Waals surface area contributed by atoms with Crippen LogP contribution in [0.25, 0.3) is 11.1 Å². The fourth-order valence-corrected chi connectivity index (χ4v) is 5.04. The van der Waals surface area contributed by atoms with Crippen molar-refractivity contribution in [1.29, 1.82) is 0 Å². The molecular weight excluding hydrogens is 648 g/mol. The van der Waals surface area contributed by atoms with E-state index in [4.69, 9.17) is 25.3 Å². The van der Waals surface area contributed by atoms with E-state index in [1.54, 1.807) is 33.3 Å². The molecule has 0 spiro atoms. The molecule has 1 N–H and O–H groups in total. The molecule has 3 aromatic carbocycles. The molecule has 0 fully saturated rings. The number of nitrogens with zero attached hydrogens (tertiary/aromatic N) is 2. The second kappa shape index (κ2) is 16.4. The van der Waals surface area contributed by atoms with Crippen LogP contribution in [0.2, 0.25) is 0 Å². The van der Waals surface area contributed by atoms with Gasteiger partial charge in [0.25, 0.3) is 0 Å². The number of hydrogen-bond donors (Lipinski definition) is 0. The first kappa shape index (κ1) is 35.6. The molecule has 0 bridgehead atoms. The predicted molar refractivity (Wildman–Crippen MR) is 159 cm³/mol. The molecule has 1 atom stereocenters. The van der Waals surface area contributed by atoms with Gasteiger partial charge in [0.15, 0.2) is 11.5 Å². The van der Waals surface area contributed by atoms with E-state index < -0.39 is 11.7 Å². The normalized spacial score (nSPS) is 14.0. The fraction of sp³-hybridized carbons (Fsp3) is 0.364. The number of nitrogens with one attached hydrogen (secondary N) is 1. The molecule has 0 amide bonds. The van der Waals surface area contributed by atoms with Crippen LogP contribution < -0.4 is 14.2 Å². The van der Waals surface area contributed by atoms with Crippen LogP contribution in [0.4, 0.5) is 13.2 Å². The van der Waals surface area contributed by atoms with Crippen molar-refractivity contribution in [3.63, 3.8) is 0 Å². The van der Waals surface area contributed by atoms with Gasteiger partial charge in [-0.3, -0.25) is 0 Å². The minimum Gasteiger partial charge on any atom is -0.672 e. The maximum absolute atomic E-state index is 13.2. The Balaban J connectivity index is 0.000000582. The number of rotatable bonds is 9. The Bertz CT molecular complexity index is 1500. The second-order valence-corrected chi connectivity index (χ2v) is 10.1. The minimum atomic E-state index is -4.37. The van der Waals surface area contributed by atoms with Gasteiger partial charge in [-0.25, -0.2) is 0 Å². The summed E-state index contributed by atoms with van der Waals surface area (Å²) in [7, 11) is 3.28. The zero-order chi connectivity index (χ0) is 31.0. The average Bonchev–Trinajstić information content (AvgIpc) is 3.54. The van der Waals surface area contributed by atoms with Gasteiger partial charge in [0, 0.05) is 39.1 Å². The fourth-order valence-electron chi connectivity index (χ4n) is 5.04. The monoisotopic (exact) mass is 684 g/mol. The molecule has 1 aliphatic rings. The van der Waals surface area contributed by atoms with Gasteiger partial charge in [0.2, 0.25) is 0 Å². The second-order valence-electron chi connectivity index (χ2n) is 10.1. The first-order chi connectivity index (χ1) is 20.7. The number of benzene rings is 3. The first-order valence-electron chi connectivity index (χ1n) is 14.1. The number of hydrogen-bond acceptors (Lipinski definition) is 5. The number of halogens is 3. The van der Waals surface area contributed by atoms with E-state index in [1.807, 2.05) is 18.2 Å². The predicted octanol–water partition coefficient (Wildman–Crippen LogP) is 8.46. The summed E-state index contributed by atoms with van der Waals surface area (Å²) in [6.45, 7) is 5.03. The smallest absolute Gasteiger partial charge is 0.416 e. The molecule has 0 aliphatic carbocycles. The largest absolute Gasteiger partial charge is 0.672 e. The standard InChI is InChI=1S/C29H31F3NO3.C4H5N2O.Y/c1-5-20-7-6-19(15-25(20)34-3)11-13-36-27-17-24-21(16-26(27)35-4)10-12-33-28(24)23-9-8-22(14-18(23)2)29(30,31)32;5-3-4-1-2-7-6-4;/h6-9,14-17,28H,5,10-13H2,1-4H3;1-2,5H,3H2;/q2*-1;. The van der Waals surface area contributed by atoms with Crippen LogP contribution in [0.3, 0.4) is 0 Å². The summed E-state index contributed by atoms with van der Waals surface area (Å²) in [5.74, 6) is 2.11. The Hall–Kier alpha value is -2.92. The number of fused-ring (bicyclic) bond motifs is 1. The third-order valence-electron chi connectivity index (χ3n) is 7.36. The summed E-state index contributed by atoms with van der Waals surface area (Å²) in [6.07, 6.45) is -0.584. The molecule has 1 aliphatic heterocycles. The molecule has 2 heterocycles. The SMILES string of the molecule is CCc1ccc(CCOc2cc3c(cc2OC)CC[N-]C3c2ccc(C(F)(F)F)cc2C)cc1OC.[NH-]Cc1ccon1.[Y]. The van der Waals surface area contributed by atoms with Gasteiger partial charge in [-0.2, -0.15) is 13.2 Å². The molecule has 5 rings (SSSR count). The third-order valence-corrected chi connectivity index (χ3v) is 7.36. The van der Waals surface area contributed by atoms with Crippen LogP contribution in [-0.2, 0) is 64.7 Å². The average molecular weight is 685 g/mol. The van der Waals surface area contributed by atoms with E-state index in [9.17, 15) is 13.2 Å². The summed E-state index contributed by atoms with van der Waals surface area (Å²) in [5, 5.41) is 8.23. The number of aryl methyl sites for hydroxylation is 2. The van der Waals surface area contributed by atoms with Crippen molar-refractivity contribution in [2.24, 2.45) is 0 Å². The van der Waals surface area contributed by atoms with Crippen molar-refractivity contribution >= 4 is 0 Å². The molecule has 11 heteroatoms. The van der Waals surface area contributed by atoms with Crippen LogP contribution in [-0.4, -0.2) is 32.5 Å². The van der Waals surface area contributed by atoms with Crippen LogP contribution in [0, 0.1) is 6.92 Å². The van der Waals surface area contributed by atoms with E-state index in [1.165, 1.54) is 12.3 Å². The van der Waals surface area contributed by atoms with Crippen molar-refractivity contribution in [2.45, 2.75) is 51.9 Å². The number of methoxy groups -OCH3 is 2. The van der Waals surface area contributed by atoms with Gasteiger partial charge >= 0.3 is 6.18 Å².